The second-order valence-electron chi connectivity index (χ2n) is 3.04. The quantitative estimate of drug-likeness (QED) is 0.782. The maximum Gasteiger partial charge on any atom is 0.181 e. The van der Waals surface area contributed by atoms with Crippen molar-refractivity contribution in [1.29, 1.82) is 5.26 Å². The second kappa shape index (κ2) is 5.25. The molecule has 0 heterocycles. The highest BCUT2D eigenvalue weighted by molar-refractivity contribution is 5.34. The van der Waals surface area contributed by atoms with E-state index in [0.717, 1.165) is 17.7 Å². The molecule has 0 amide bonds. The van der Waals surface area contributed by atoms with E-state index in [1.165, 1.54) is 0 Å². The Morgan fingerprint density at radius 2 is 2.21 bits per heavy atom. The molecule has 2 N–H and O–H groups in total. The van der Waals surface area contributed by atoms with Gasteiger partial charge in [-0.25, -0.2) is 0 Å². The molecule has 74 valence electrons. The molecule has 1 aromatic rings. The van der Waals surface area contributed by atoms with Crippen LogP contribution in [0.25, 0.3) is 0 Å². The first-order chi connectivity index (χ1) is 6.77. The van der Waals surface area contributed by atoms with Gasteiger partial charge >= 0.3 is 0 Å². The molecule has 3 nitrogen and oxygen atoms in total. The third-order valence-corrected chi connectivity index (χ3v) is 1.87. The fourth-order valence-corrected chi connectivity index (χ4v) is 1.20. The molecule has 1 unspecified atom stereocenters. The van der Waals surface area contributed by atoms with Crippen molar-refractivity contribution in [3.05, 3.63) is 29.8 Å². The van der Waals surface area contributed by atoms with Crippen LogP contribution < -0.4 is 10.5 Å². The van der Waals surface area contributed by atoms with Gasteiger partial charge in [0.1, 0.15) is 11.8 Å². The van der Waals surface area contributed by atoms with E-state index in [1.54, 1.807) is 6.92 Å². The van der Waals surface area contributed by atoms with Crippen LogP contribution in [0.15, 0.2) is 24.3 Å². The van der Waals surface area contributed by atoms with Crippen LogP contribution in [-0.2, 0) is 6.42 Å². The fraction of sp³-hybridized carbons (Fsp3) is 0.364. The zero-order chi connectivity index (χ0) is 10.4. The fourth-order valence-electron chi connectivity index (χ4n) is 1.20. The zero-order valence-corrected chi connectivity index (χ0v) is 8.23. The Kier molecular flexibility index (Phi) is 3.96. The molecule has 0 aliphatic rings. The normalized spacial score (nSPS) is 11.8. The Morgan fingerprint density at radius 1 is 1.50 bits per heavy atom. The number of hydrogen-bond acceptors (Lipinski definition) is 3. The second-order valence-corrected chi connectivity index (χ2v) is 3.04. The van der Waals surface area contributed by atoms with E-state index < -0.39 is 6.10 Å². The van der Waals surface area contributed by atoms with Gasteiger partial charge in [-0.15, -0.1) is 0 Å². The summed E-state index contributed by atoms with van der Waals surface area (Å²) < 4.78 is 5.43. The van der Waals surface area contributed by atoms with E-state index in [9.17, 15) is 0 Å². The van der Waals surface area contributed by atoms with Crippen LogP contribution in [0, 0.1) is 11.3 Å². The first-order valence-corrected chi connectivity index (χ1v) is 4.62. The van der Waals surface area contributed by atoms with Gasteiger partial charge in [-0.2, -0.15) is 5.26 Å². The molecule has 1 aromatic carbocycles. The van der Waals surface area contributed by atoms with Gasteiger partial charge in [0, 0.05) is 0 Å². The maximum atomic E-state index is 8.62. The van der Waals surface area contributed by atoms with Gasteiger partial charge in [-0.1, -0.05) is 18.2 Å². The van der Waals surface area contributed by atoms with Crippen LogP contribution >= 0.6 is 0 Å². The summed E-state index contributed by atoms with van der Waals surface area (Å²) in [6.07, 6.45) is 0.350. The molecule has 1 atom stereocenters. The van der Waals surface area contributed by atoms with Crippen molar-refractivity contribution in [2.24, 2.45) is 5.73 Å². The van der Waals surface area contributed by atoms with Gasteiger partial charge in [-0.3, -0.25) is 0 Å². The van der Waals surface area contributed by atoms with E-state index in [1.807, 2.05) is 30.3 Å². The van der Waals surface area contributed by atoms with E-state index in [-0.39, 0.29) is 0 Å². The highest BCUT2D eigenvalue weighted by atomic mass is 16.5. The molecule has 0 spiro atoms. The molecule has 0 saturated heterocycles. The van der Waals surface area contributed by atoms with Gasteiger partial charge in [0.15, 0.2) is 6.10 Å². The molecule has 14 heavy (non-hydrogen) atoms. The lowest BCUT2D eigenvalue weighted by molar-refractivity contribution is 0.273. The summed E-state index contributed by atoms with van der Waals surface area (Å²) >= 11 is 0. The smallest absolute Gasteiger partial charge is 0.181 e. The van der Waals surface area contributed by atoms with Crippen LogP contribution in [0.3, 0.4) is 0 Å². The number of hydrogen-bond donors (Lipinski definition) is 1. The summed E-state index contributed by atoms with van der Waals surface area (Å²) in [6.45, 7) is 2.31. The number of benzene rings is 1. The summed E-state index contributed by atoms with van der Waals surface area (Å²) in [5.41, 5.74) is 6.53. The Labute approximate surface area is 84.1 Å². The Balaban J connectivity index is 2.79. The number of nitriles is 1. The van der Waals surface area contributed by atoms with Crippen molar-refractivity contribution in [3.8, 4) is 11.8 Å². The summed E-state index contributed by atoms with van der Waals surface area (Å²) in [4.78, 5) is 0. The van der Waals surface area contributed by atoms with Gasteiger partial charge in [-0.05, 0) is 31.5 Å². The van der Waals surface area contributed by atoms with Gasteiger partial charge in [0.2, 0.25) is 0 Å². The first-order valence-electron chi connectivity index (χ1n) is 4.62. The Morgan fingerprint density at radius 3 is 2.86 bits per heavy atom. The third-order valence-electron chi connectivity index (χ3n) is 1.87. The minimum Gasteiger partial charge on any atom is -0.476 e. The van der Waals surface area contributed by atoms with Gasteiger partial charge in [0.25, 0.3) is 0 Å². The summed E-state index contributed by atoms with van der Waals surface area (Å²) in [7, 11) is 0. The third kappa shape index (κ3) is 2.75. The SMILES string of the molecule is CC(C#N)Oc1ccccc1CCN. The molecular weight excluding hydrogens is 176 g/mol. The van der Waals surface area contributed by atoms with E-state index in [0.29, 0.717) is 6.54 Å². The maximum absolute atomic E-state index is 8.62. The minimum atomic E-state index is -0.422. The molecular formula is C11H14N2O. The minimum absolute atomic E-state index is 0.422. The van der Waals surface area contributed by atoms with Crippen molar-refractivity contribution in [3.63, 3.8) is 0 Å². The average molecular weight is 190 g/mol. The molecule has 0 radical (unpaired) electrons. The molecule has 0 aliphatic heterocycles. The molecule has 0 fully saturated rings. The van der Waals surface area contributed by atoms with Crippen molar-refractivity contribution in [2.75, 3.05) is 6.54 Å². The highest BCUT2D eigenvalue weighted by Gasteiger charge is 2.05. The summed E-state index contributed by atoms with van der Waals surface area (Å²) in [6, 6.07) is 9.68. The number of rotatable bonds is 4. The predicted octanol–water partition coefficient (Wildman–Crippen LogP) is 1.48. The molecule has 0 aromatic heterocycles. The summed E-state index contributed by atoms with van der Waals surface area (Å²) in [5, 5.41) is 8.62. The monoisotopic (exact) mass is 190 g/mol. The lowest BCUT2D eigenvalue weighted by atomic mass is 10.1. The van der Waals surface area contributed by atoms with Crippen molar-refractivity contribution in [1.82, 2.24) is 0 Å². The van der Waals surface area contributed by atoms with E-state index in [4.69, 9.17) is 15.7 Å². The molecule has 0 saturated carbocycles. The van der Waals surface area contributed by atoms with Crippen molar-refractivity contribution >= 4 is 0 Å². The highest BCUT2D eigenvalue weighted by Crippen LogP contribution is 2.19. The zero-order valence-electron chi connectivity index (χ0n) is 8.23. The number of para-hydroxylation sites is 1. The van der Waals surface area contributed by atoms with Gasteiger partial charge in [0.05, 0.1) is 0 Å². The van der Waals surface area contributed by atoms with Crippen molar-refractivity contribution < 1.29 is 4.74 Å². The standard InChI is InChI=1S/C11H14N2O/c1-9(8-13)14-11-5-3-2-4-10(11)6-7-12/h2-5,9H,6-7,12H2,1H3. The predicted molar refractivity (Wildman–Crippen MR) is 54.9 cm³/mol. The lowest BCUT2D eigenvalue weighted by Crippen LogP contribution is -2.11. The molecule has 1 rings (SSSR count). The van der Waals surface area contributed by atoms with Gasteiger partial charge < -0.3 is 10.5 Å². The molecule has 0 bridgehead atoms. The largest absolute Gasteiger partial charge is 0.476 e. The van der Waals surface area contributed by atoms with E-state index >= 15 is 0 Å². The van der Waals surface area contributed by atoms with Crippen LogP contribution in [0.4, 0.5) is 0 Å². The van der Waals surface area contributed by atoms with Crippen LogP contribution in [0.5, 0.6) is 5.75 Å². The number of ether oxygens (including phenoxy) is 1. The average Bonchev–Trinajstić information content (AvgIpc) is 2.21. The summed E-state index contributed by atoms with van der Waals surface area (Å²) in [5.74, 6) is 0.756. The number of nitrogens with zero attached hydrogens (tertiary/aromatic N) is 1. The molecule has 3 heteroatoms. The van der Waals surface area contributed by atoms with Crippen molar-refractivity contribution in [2.45, 2.75) is 19.4 Å². The first kappa shape index (κ1) is 10.6. The molecule has 0 aliphatic carbocycles. The Hall–Kier alpha value is -1.53. The van der Waals surface area contributed by atoms with Crippen LogP contribution in [0.2, 0.25) is 0 Å². The lowest BCUT2D eigenvalue weighted by Gasteiger charge is -2.11. The van der Waals surface area contributed by atoms with E-state index in [2.05, 4.69) is 0 Å². The number of nitrogens with two attached hydrogens (primary N) is 1. The topological polar surface area (TPSA) is 59.0 Å². The Bertz CT molecular complexity index is 330. The van der Waals surface area contributed by atoms with Crippen LogP contribution in [0.1, 0.15) is 12.5 Å². The van der Waals surface area contributed by atoms with Crippen LogP contribution in [-0.4, -0.2) is 12.6 Å².